The van der Waals surface area contributed by atoms with E-state index in [1.54, 1.807) is 19.3 Å². The lowest BCUT2D eigenvalue weighted by atomic mass is 10.1. The zero-order valence-corrected chi connectivity index (χ0v) is 13.4. The Morgan fingerprint density at radius 1 is 1.25 bits per heavy atom. The van der Waals surface area contributed by atoms with E-state index in [2.05, 4.69) is 10.6 Å². The van der Waals surface area contributed by atoms with Gasteiger partial charge in [0.05, 0.1) is 12.5 Å². The van der Waals surface area contributed by atoms with E-state index in [0.29, 0.717) is 0 Å². The Morgan fingerprint density at radius 3 is 2.62 bits per heavy atom. The number of fused-ring (bicyclic) bond motifs is 1. The van der Waals surface area contributed by atoms with Gasteiger partial charge in [-0.2, -0.15) is 4.57 Å². The predicted molar refractivity (Wildman–Crippen MR) is 88.4 cm³/mol. The largest absolute Gasteiger partial charge is 0.513 e. The van der Waals surface area contributed by atoms with Crippen LogP contribution in [-0.4, -0.2) is 24.4 Å². The Kier molecular flexibility index (Phi) is 5.60. The Bertz CT molecular complexity index is 864. The fourth-order valence-corrected chi connectivity index (χ4v) is 2.09. The normalized spacial score (nSPS) is 10.8. The molecule has 1 aromatic heterocycles. The molecule has 0 aliphatic heterocycles. The van der Waals surface area contributed by atoms with Crippen LogP contribution in [0, 0.1) is 5.41 Å². The van der Waals surface area contributed by atoms with E-state index < -0.39 is 11.9 Å². The maximum absolute atomic E-state index is 12.3. The van der Waals surface area contributed by atoms with Crippen molar-refractivity contribution in [3.63, 3.8) is 0 Å². The van der Waals surface area contributed by atoms with Gasteiger partial charge < -0.3 is 9.47 Å². The fraction of sp³-hybridized carbons (Fsp3) is 0.167. The Hall–Kier alpha value is -3.24. The number of ether oxygens (including phenoxy) is 2. The fourth-order valence-electron chi connectivity index (χ4n) is 2.09. The summed E-state index contributed by atoms with van der Waals surface area (Å²) in [5.41, 5.74) is 0.00700. The zero-order chi connectivity index (χ0) is 17.5. The maximum atomic E-state index is 12.3. The van der Waals surface area contributed by atoms with Crippen molar-refractivity contribution in [2.75, 3.05) is 6.61 Å². The van der Waals surface area contributed by atoms with Gasteiger partial charge in [-0.05, 0) is 25.3 Å². The minimum Gasteiger partial charge on any atom is -0.434 e. The quantitative estimate of drug-likeness (QED) is 0.301. The van der Waals surface area contributed by atoms with E-state index in [9.17, 15) is 9.59 Å². The molecule has 0 atom stereocenters. The summed E-state index contributed by atoms with van der Waals surface area (Å²) in [6.45, 7) is 3.29. The summed E-state index contributed by atoms with van der Waals surface area (Å²) in [4.78, 5) is 23.5. The number of nitrogens with one attached hydrogen (secondary N) is 1. The monoisotopic (exact) mass is 325 g/mol. The Balaban J connectivity index is 2.25. The van der Waals surface area contributed by atoms with Crippen LogP contribution in [0.3, 0.4) is 0 Å². The molecule has 6 heteroatoms. The zero-order valence-electron chi connectivity index (χ0n) is 13.4. The summed E-state index contributed by atoms with van der Waals surface area (Å²) >= 11 is 0. The van der Waals surface area contributed by atoms with Crippen LogP contribution in [0.5, 0.6) is 0 Å². The van der Waals surface area contributed by atoms with Gasteiger partial charge >= 0.3 is 11.9 Å². The molecule has 0 saturated heterocycles. The Labute approximate surface area is 139 Å². The maximum Gasteiger partial charge on any atom is 0.513 e. The molecular weight excluding hydrogens is 308 g/mol. The van der Waals surface area contributed by atoms with Crippen LogP contribution in [-0.2, 0) is 14.3 Å². The van der Waals surface area contributed by atoms with Gasteiger partial charge in [-0.25, -0.2) is 4.79 Å². The van der Waals surface area contributed by atoms with Crippen molar-refractivity contribution in [3.05, 3.63) is 54.6 Å². The first-order chi connectivity index (χ1) is 11.5. The number of hydrogen-bond acceptors (Lipinski definition) is 5. The number of ketones is 1. The standard InChI is InChI=1S/C18H17N2O4/c1-3-23-18(22)24-13(2)10-17(21)16(11-19)20-9-8-14-6-4-5-7-15(14)12-20/h4-10,12,19H,3H2,1-2H3/q+1/b13-10-. The van der Waals surface area contributed by atoms with Gasteiger partial charge in [-0.3, -0.25) is 10.2 Å². The van der Waals surface area contributed by atoms with E-state index in [0.717, 1.165) is 16.8 Å². The summed E-state index contributed by atoms with van der Waals surface area (Å²) in [5, 5.41) is 9.33. The summed E-state index contributed by atoms with van der Waals surface area (Å²) < 4.78 is 11.0. The van der Waals surface area contributed by atoms with Crippen molar-refractivity contribution >= 4 is 34.3 Å². The van der Waals surface area contributed by atoms with Gasteiger partial charge in [-0.1, -0.05) is 18.2 Å². The minimum atomic E-state index is -0.877. The second kappa shape index (κ2) is 7.85. The number of carbonyl (C=O) groups is 2. The molecule has 0 aliphatic carbocycles. The number of allylic oxidation sites excluding steroid dienone is 3. The first-order valence-electron chi connectivity index (χ1n) is 7.32. The molecule has 6 nitrogen and oxygen atoms in total. The lowest BCUT2D eigenvalue weighted by molar-refractivity contribution is -0.574. The minimum absolute atomic E-state index is 0.00700. The smallest absolute Gasteiger partial charge is 0.434 e. The highest BCUT2D eigenvalue weighted by molar-refractivity contribution is 6.25. The molecule has 24 heavy (non-hydrogen) atoms. The second-order valence-corrected chi connectivity index (χ2v) is 4.86. The van der Waals surface area contributed by atoms with E-state index >= 15 is 0 Å². The molecule has 0 spiro atoms. The molecule has 1 N–H and O–H groups in total. The average Bonchev–Trinajstić information content (AvgIpc) is 2.55. The van der Waals surface area contributed by atoms with Gasteiger partial charge in [0.25, 0.3) is 5.78 Å². The molecule has 0 amide bonds. The molecule has 0 fully saturated rings. The average molecular weight is 325 g/mol. The summed E-state index contributed by atoms with van der Waals surface area (Å²) in [5.74, 6) is 1.70. The van der Waals surface area contributed by atoms with E-state index in [1.807, 2.05) is 30.3 Å². The summed E-state index contributed by atoms with van der Waals surface area (Å²) in [6.07, 6.45) is 3.65. The van der Waals surface area contributed by atoms with Crippen molar-refractivity contribution in [3.8, 4) is 0 Å². The van der Waals surface area contributed by atoms with Crippen LogP contribution in [0.2, 0.25) is 0 Å². The van der Waals surface area contributed by atoms with Crippen molar-refractivity contribution in [1.29, 1.82) is 5.41 Å². The lowest BCUT2D eigenvalue weighted by Gasteiger charge is -2.03. The highest BCUT2D eigenvalue weighted by atomic mass is 16.7. The van der Waals surface area contributed by atoms with Crippen LogP contribution in [0.4, 0.5) is 4.79 Å². The second-order valence-electron chi connectivity index (χ2n) is 4.86. The highest BCUT2D eigenvalue weighted by Crippen LogP contribution is 2.11. The molecule has 0 bridgehead atoms. The SMILES string of the molecule is CCOC(=O)O/C(C)=C\C(=O)C(=C=N)[n+]1ccc2ccccc2c1. The van der Waals surface area contributed by atoms with Gasteiger partial charge in [0.1, 0.15) is 5.76 Å². The van der Waals surface area contributed by atoms with Gasteiger partial charge in [0.15, 0.2) is 12.4 Å². The van der Waals surface area contributed by atoms with Crippen LogP contribution in [0.1, 0.15) is 13.8 Å². The third kappa shape index (κ3) is 4.15. The van der Waals surface area contributed by atoms with E-state index in [1.165, 1.54) is 11.5 Å². The van der Waals surface area contributed by atoms with Crippen molar-refractivity contribution in [2.45, 2.75) is 13.8 Å². The highest BCUT2D eigenvalue weighted by Gasteiger charge is 2.20. The number of nitrogens with zero attached hydrogens (tertiary/aromatic N) is 1. The van der Waals surface area contributed by atoms with Gasteiger partial charge in [-0.15, -0.1) is 0 Å². The van der Waals surface area contributed by atoms with Crippen molar-refractivity contribution in [2.24, 2.45) is 0 Å². The molecular formula is C18H17N2O4+. The number of hydrogen-bond donors (Lipinski definition) is 1. The van der Waals surface area contributed by atoms with Crippen LogP contribution >= 0.6 is 0 Å². The van der Waals surface area contributed by atoms with Crippen molar-refractivity contribution in [1.82, 2.24) is 0 Å². The van der Waals surface area contributed by atoms with Crippen LogP contribution < -0.4 is 4.57 Å². The molecule has 122 valence electrons. The molecule has 1 aromatic carbocycles. The molecule has 0 saturated carbocycles. The third-order valence-corrected chi connectivity index (χ3v) is 3.14. The molecule has 2 rings (SSSR count). The van der Waals surface area contributed by atoms with Crippen molar-refractivity contribution < 1.29 is 23.6 Å². The number of pyridine rings is 1. The predicted octanol–water partition coefficient (Wildman–Crippen LogP) is 2.86. The van der Waals surface area contributed by atoms with Crippen LogP contribution in [0.25, 0.3) is 16.5 Å². The summed E-state index contributed by atoms with van der Waals surface area (Å²) in [7, 11) is 0. The number of rotatable bonds is 5. The molecule has 0 unspecified atom stereocenters. The topological polar surface area (TPSA) is 80.3 Å². The number of carbonyl (C=O) groups excluding carboxylic acids is 2. The van der Waals surface area contributed by atoms with E-state index in [4.69, 9.17) is 10.1 Å². The molecule has 0 radical (unpaired) electrons. The number of aromatic nitrogens is 1. The lowest BCUT2D eigenvalue weighted by Crippen LogP contribution is -2.35. The summed E-state index contributed by atoms with van der Waals surface area (Å²) in [6, 6.07) is 9.50. The number of benzene rings is 1. The first kappa shape index (κ1) is 17.1. The van der Waals surface area contributed by atoms with Gasteiger partial charge in [0, 0.05) is 17.5 Å². The van der Waals surface area contributed by atoms with Gasteiger partial charge in [0.2, 0.25) is 0 Å². The molecule has 2 aromatic rings. The molecule has 0 aliphatic rings. The van der Waals surface area contributed by atoms with Crippen LogP contribution in [0.15, 0.2) is 54.6 Å². The molecule has 1 heterocycles. The Morgan fingerprint density at radius 2 is 1.96 bits per heavy atom. The first-order valence-corrected chi connectivity index (χ1v) is 7.32. The third-order valence-electron chi connectivity index (χ3n) is 3.14. The van der Waals surface area contributed by atoms with E-state index in [-0.39, 0.29) is 18.1 Å².